The Balaban J connectivity index is 0.00000131. The van der Waals surface area contributed by atoms with Gasteiger partial charge in [-0.05, 0) is 12.1 Å². The zero-order valence-electron chi connectivity index (χ0n) is 14.5. The summed E-state index contributed by atoms with van der Waals surface area (Å²) in [5.74, 6) is 0. The molecule has 0 radical (unpaired) electrons. The number of fused-ring (bicyclic) bond motifs is 2. The minimum absolute atomic E-state index is 0. The van der Waals surface area contributed by atoms with Crippen LogP contribution in [0.25, 0.3) is 21.8 Å². The summed E-state index contributed by atoms with van der Waals surface area (Å²) in [4.78, 5) is 0. The highest BCUT2D eigenvalue weighted by molar-refractivity contribution is 5.88. The Kier molecular flexibility index (Phi) is 5.69. The van der Waals surface area contributed by atoms with Gasteiger partial charge in [0, 0.05) is 38.1 Å². The first-order valence-corrected chi connectivity index (χ1v) is 8.41. The van der Waals surface area contributed by atoms with Gasteiger partial charge in [-0.2, -0.15) is 0 Å². The van der Waals surface area contributed by atoms with Crippen LogP contribution in [0.5, 0.6) is 0 Å². The van der Waals surface area contributed by atoms with Gasteiger partial charge in [0.25, 0.3) is 0 Å². The second-order valence-corrected chi connectivity index (χ2v) is 6.51. The fourth-order valence-corrected chi connectivity index (χ4v) is 3.56. The summed E-state index contributed by atoms with van der Waals surface area (Å²) in [5.41, 5.74) is 18.6. The number of pyridine rings is 2. The molecule has 2 heterocycles. The van der Waals surface area contributed by atoms with Gasteiger partial charge in [0.05, 0.1) is 22.1 Å². The smallest absolute Gasteiger partial charge is 0.345 e. The van der Waals surface area contributed by atoms with Gasteiger partial charge in [-0.25, -0.2) is 0 Å². The summed E-state index contributed by atoms with van der Waals surface area (Å²) >= 11 is 0. The SMILES string of the molecule is C.C.Cc1cc(N)c2ccccc2[n+]1C[n+]1c(C)cc(N)c2ccccc21. The molecule has 2 aromatic heterocycles. The van der Waals surface area contributed by atoms with Gasteiger partial charge in [0.15, 0.2) is 11.4 Å². The second kappa shape index (κ2) is 7.62. The Bertz CT molecular complexity index is 1030. The zero-order valence-corrected chi connectivity index (χ0v) is 14.5. The molecule has 4 nitrogen and oxygen atoms in total. The minimum Gasteiger partial charge on any atom is -0.398 e. The number of benzene rings is 2. The highest BCUT2D eigenvalue weighted by Gasteiger charge is 2.23. The number of nitrogen functional groups attached to an aromatic ring is 2. The average Bonchev–Trinajstić information content (AvgIpc) is 2.61. The summed E-state index contributed by atoms with van der Waals surface area (Å²) in [6.45, 7) is 4.90. The molecule has 0 aliphatic heterocycles. The molecular formula is C23H30N4+2. The van der Waals surface area contributed by atoms with Crippen molar-refractivity contribution in [2.45, 2.75) is 35.4 Å². The van der Waals surface area contributed by atoms with Gasteiger partial charge in [-0.3, -0.25) is 0 Å². The van der Waals surface area contributed by atoms with Crippen molar-refractivity contribution >= 4 is 33.2 Å². The lowest BCUT2D eigenvalue weighted by atomic mass is 10.1. The van der Waals surface area contributed by atoms with Crippen LogP contribution in [0.2, 0.25) is 0 Å². The first-order valence-electron chi connectivity index (χ1n) is 8.41. The summed E-state index contributed by atoms with van der Waals surface area (Å²) in [6, 6.07) is 20.6. The van der Waals surface area contributed by atoms with Crippen molar-refractivity contribution in [1.82, 2.24) is 0 Å². The van der Waals surface area contributed by atoms with E-state index in [4.69, 9.17) is 11.5 Å². The van der Waals surface area contributed by atoms with Crippen molar-refractivity contribution in [2.24, 2.45) is 0 Å². The van der Waals surface area contributed by atoms with E-state index in [9.17, 15) is 0 Å². The monoisotopic (exact) mass is 362 g/mol. The molecule has 4 N–H and O–H groups in total. The molecule has 0 aliphatic rings. The molecule has 0 unspecified atom stereocenters. The van der Waals surface area contributed by atoms with Crippen LogP contribution in [0.4, 0.5) is 11.4 Å². The third-order valence-corrected chi connectivity index (χ3v) is 4.87. The van der Waals surface area contributed by atoms with Crippen LogP contribution in [0.15, 0.2) is 60.7 Å². The number of aromatic nitrogens is 2. The molecule has 0 amide bonds. The second-order valence-electron chi connectivity index (χ2n) is 6.51. The first kappa shape index (κ1) is 20.2. The van der Waals surface area contributed by atoms with Crippen molar-refractivity contribution in [1.29, 1.82) is 0 Å². The number of aryl methyl sites for hydroxylation is 2. The van der Waals surface area contributed by atoms with E-state index in [2.05, 4.69) is 59.4 Å². The number of nitrogens with two attached hydrogens (primary N) is 2. The quantitative estimate of drug-likeness (QED) is 0.527. The predicted molar refractivity (Wildman–Crippen MR) is 115 cm³/mol. The maximum Gasteiger partial charge on any atom is 0.345 e. The van der Waals surface area contributed by atoms with Crippen molar-refractivity contribution in [3.63, 3.8) is 0 Å². The Labute approximate surface area is 161 Å². The lowest BCUT2D eigenvalue weighted by molar-refractivity contribution is -0.894. The van der Waals surface area contributed by atoms with Gasteiger partial charge >= 0.3 is 6.67 Å². The van der Waals surface area contributed by atoms with Crippen molar-refractivity contribution in [2.75, 3.05) is 11.5 Å². The van der Waals surface area contributed by atoms with E-state index < -0.39 is 0 Å². The highest BCUT2D eigenvalue weighted by atomic mass is 15.2. The van der Waals surface area contributed by atoms with Gasteiger partial charge in [0.1, 0.15) is 0 Å². The first-order chi connectivity index (χ1) is 12.1. The maximum atomic E-state index is 6.22. The Morgan fingerprint density at radius 1 is 0.667 bits per heavy atom. The van der Waals surface area contributed by atoms with E-state index in [1.165, 1.54) is 0 Å². The van der Waals surface area contributed by atoms with Crippen LogP contribution in [-0.2, 0) is 6.67 Å². The summed E-state index contributed by atoms with van der Waals surface area (Å²) in [7, 11) is 0. The summed E-state index contributed by atoms with van der Waals surface area (Å²) < 4.78 is 4.59. The third-order valence-electron chi connectivity index (χ3n) is 4.87. The molecule has 0 saturated heterocycles. The van der Waals surface area contributed by atoms with Gasteiger partial charge < -0.3 is 11.5 Å². The number of hydrogen-bond donors (Lipinski definition) is 2. The zero-order chi connectivity index (χ0) is 17.6. The molecule has 27 heavy (non-hydrogen) atoms. The number of anilines is 2. The Morgan fingerprint density at radius 3 is 1.44 bits per heavy atom. The van der Waals surface area contributed by atoms with Gasteiger partial charge in [0.2, 0.25) is 11.0 Å². The van der Waals surface area contributed by atoms with Crippen molar-refractivity contribution < 1.29 is 9.13 Å². The lowest BCUT2D eigenvalue weighted by Crippen LogP contribution is -2.55. The van der Waals surface area contributed by atoms with Crippen LogP contribution in [0.1, 0.15) is 26.2 Å². The average molecular weight is 363 g/mol. The van der Waals surface area contributed by atoms with E-state index in [1.54, 1.807) is 0 Å². The van der Waals surface area contributed by atoms with Crippen LogP contribution >= 0.6 is 0 Å². The van der Waals surface area contributed by atoms with Crippen LogP contribution < -0.4 is 20.6 Å². The predicted octanol–water partition coefficient (Wildman–Crippen LogP) is 4.13. The minimum atomic E-state index is 0. The van der Waals surface area contributed by atoms with Gasteiger partial charge in [-0.15, -0.1) is 9.13 Å². The molecule has 0 saturated carbocycles. The highest BCUT2D eigenvalue weighted by Crippen LogP contribution is 2.20. The fraction of sp³-hybridized carbons (Fsp3) is 0.217. The Morgan fingerprint density at radius 2 is 1.04 bits per heavy atom. The van der Waals surface area contributed by atoms with E-state index in [0.717, 1.165) is 44.6 Å². The molecule has 4 rings (SSSR count). The molecule has 0 aliphatic carbocycles. The van der Waals surface area contributed by atoms with Crippen LogP contribution in [0, 0.1) is 13.8 Å². The third kappa shape index (κ3) is 3.31. The maximum absolute atomic E-state index is 6.22. The molecule has 0 spiro atoms. The van der Waals surface area contributed by atoms with E-state index in [1.807, 2.05) is 24.3 Å². The molecule has 140 valence electrons. The molecule has 0 atom stereocenters. The number of nitrogens with zero attached hydrogens (tertiary/aromatic N) is 2. The van der Waals surface area contributed by atoms with Gasteiger partial charge in [-0.1, -0.05) is 39.1 Å². The molecule has 4 heteroatoms. The molecule has 0 bridgehead atoms. The van der Waals surface area contributed by atoms with E-state index in [0.29, 0.717) is 6.67 Å². The van der Waals surface area contributed by atoms with Crippen LogP contribution in [-0.4, -0.2) is 0 Å². The van der Waals surface area contributed by atoms with Crippen LogP contribution in [0.3, 0.4) is 0 Å². The summed E-state index contributed by atoms with van der Waals surface area (Å²) in [6.07, 6.45) is 0. The topological polar surface area (TPSA) is 59.8 Å². The largest absolute Gasteiger partial charge is 0.398 e. The van der Waals surface area contributed by atoms with E-state index >= 15 is 0 Å². The molecular weight excluding hydrogens is 332 g/mol. The molecule has 0 fully saturated rings. The fourth-order valence-electron chi connectivity index (χ4n) is 3.56. The summed E-state index contributed by atoms with van der Waals surface area (Å²) in [5, 5.41) is 2.15. The molecule has 4 aromatic rings. The van der Waals surface area contributed by atoms with Crippen molar-refractivity contribution in [3.05, 3.63) is 72.1 Å². The number of rotatable bonds is 2. The van der Waals surface area contributed by atoms with Crippen molar-refractivity contribution in [3.8, 4) is 0 Å². The number of hydrogen-bond acceptors (Lipinski definition) is 2. The molecule has 2 aromatic carbocycles. The standard InChI is InChI=1S/C21H20N4.2CH4/c1-14-11-18(22)16-7-3-5-9-20(16)24(14)13-25-15(2)12-19(23)17-8-4-6-10-21(17)25;;/h3-12,22-23H,13H2,1-2H3;2*1H4/p+2. The Hall–Kier alpha value is -3.14. The lowest BCUT2D eigenvalue weighted by Gasteiger charge is -2.08. The number of para-hydroxylation sites is 2. The normalized spacial score (nSPS) is 10.4. The van der Waals surface area contributed by atoms with E-state index in [-0.39, 0.29) is 14.9 Å².